The van der Waals surface area contributed by atoms with Gasteiger partial charge in [-0.25, -0.2) is 0 Å². The van der Waals surface area contributed by atoms with Crippen LogP contribution >= 0.6 is 0 Å². The molecule has 0 aliphatic carbocycles. The molecule has 0 saturated carbocycles. The minimum absolute atomic E-state index is 0.230. The van der Waals surface area contributed by atoms with Crippen LogP contribution in [0.15, 0.2) is 40.9 Å². The van der Waals surface area contributed by atoms with E-state index in [1.54, 1.807) is 21.3 Å². The summed E-state index contributed by atoms with van der Waals surface area (Å²) >= 11 is 0. The van der Waals surface area contributed by atoms with E-state index in [-0.39, 0.29) is 6.79 Å². The largest absolute Gasteiger partial charge is 0.493 e. The predicted octanol–water partition coefficient (Wildman–Crippen LogP) is 3.76. The fraction of sp³-hybridized carbons (Fsp3) is 0.211. The Bertz CT molecular complexity index is 924. The van der Waals surface area contributed by atoms with Gasteiger partial charge in [0.05, 0.1) is 21.3 Å². The van der Waals surface area contributed by atoms with Gasteiger partial charge in [-0.3, -0.25) is 0 Å². The van der Waals surface area contributed by atoms with Crippen LogP contribution < -0.4 is 23.7 Å². The molecule has 0 radical (unpaired) electrons. The average molecular weight is 355 g/mol. The van der Waals surface area contributed by atoms with Crippen molar-refractivity contribution < 1.29 is 28.2 Å². The van der Waals surface area contributed by atoms with E-state index in [9.17, 15) is 0 Å². The molecule has 2 heterocycles. The van der Waals surface area contributed by atoms with Crippen LogP contribution in [0.5, 0.6) is 28.7 Å². The highest BCUT2D eigenvalue weighted by Gasteiger charge is 2.19. The maximum Gasteiger partial charge on any atom is 0.231 e. The quantitative estimate of drug-likeness (QED) is 0.690. The van der Waals surface area contributed by atoms with Gasteiger partial charge in [-0.1, -0.05) is 5.16 Å². The molecule has 7 nitrogen and oxygen atoms in total. The van der Waals surface area contributed by atoms with Crippen LogP contribution in [0.4, 0.5) is 0 Å². The molecule has 0 atom stereocenters. The molecule has 3 aromatic rings. The van der Waals surface area contributed by atoms with E-state index in [1.807, 2.05) is 36.4 Å². The second-order valence-corrected chi connectivity index (χ2v) is 5.56. The molecule has 0 spiro atoms. The van der Waals surface area contributed by atoms with Gasteiger partial charge in [-0.15, -0.1) is 0 Å². The van der Waals surface area contributed by atoms with Gasteiger partial charge in [0, 0.05) is 17.2 Å². The lowest BCUT2D eigenvalue weighted by Crippen LogP contribution is -1.95. The number of fused-ring (bicyclic) bond motifs is 1. The molecule has 1 aromatic heterocycles. The Kier molecular flexibility index (Phi) is 4.04. The summed E-state index contributed by atoms with van der Waals surface area (Å²) in [5.41, 5.74) is 2.32. The third kappa shape index (κ3) is 2.67. The third-order valence-corrected chi connectivity index (χ3v) is 4.13. The fourth-order valence-corrected chi connectivity index (χ4v) is 2.83. The lowest BCUT2D eigenvalue weighted by atomic mass is 10.1. The van der Waals surface area contributed by atoms with E-state index < -0.39 is 0 Å². The highest BCUT2D eigenvalue weighted by atomic mass is 16.7. The van der Waals surface area contributed by atoms with Crippen LogP contribution in [0, 0.1) is 0 Å². The Labute approximate surface area is 150 Å². The Morgan fingerprint density at radius 1 is 0.808 bits per heavy atom. The van der Waals surface area contributed by atoms with Gasteiger partial charge >= 0.3 is 0 Å². The molecular formula is C19H17NO6. The molecule has 0 bridgehead atoms. The maximum absolute atomic E-state index is 5.52. The Morgan fingerprint density at radius 3 is 2.23 bits per heavy atom. The average Bonchev–Trinajstić information content (AvgIpc) is 3.35. The summed E-state index contributed by atoms with van der Waals surface area (Å²) < 4.78 is 32.4. The van der Waals surface area contributed by atoms with E-state index in [1.165, 1.54) is 0 Å². The molecule has 134 valence electrons. The van der Waals surface area contributed by atoms with Crippen molar-refractivity contribution in [3.8, 4) is 51.3 Å². The highest BCUT2D eigenvalue weighted by Crippen LogP contribution is 2.42. The minimum atomic E-state index is 0.230. The normalized spacial score (nSPS) is 12.1. The van der Waals surface area contributed by atoms with Crippen molar-refractivity contribution in [1.29, 1.82) is 0 Å². The number of hydrogen-bond acceptors (Lipinski definition) is 7. The van der Waals surface area contributed by atoms with Gasteiger partial charge in [0.2, 0.25) is 12.5 Å². The zero-order chi connectivity index (χ0) is 18.1. The summed E-state index contributed by atoms with van der Waals surface area (Å²) in [6.07, 6.45) is 0. The van der Waals surface area contributed by atoms with Gasteiger partial charge in [-0.05, 0) is 30.3 Å². The number of nitrogens with zero attached hydrogens (tertiary/aromatic N) is 1. The molecule has 1 aliphatic heterocycles. The van der Waals surface area contributed by atoms with Crippen molar-refractivity contribution in [2.45, 2.75) is 0 Å². The number of benzene rings is 2. The Morgan fingerprint density at radius 2 is 1.54 bits per heavy atom. The topological polar surface area (TPSA) is 72.2 Å². The van der Waals surface area contributed by atoms with Gasteiger partial charge in [0.1, 0.15) is 5.69 Å². The lowest BCUT2D eigenvalue weighted by Gasteiger charge is -2.12. The van der Waals surface area contributed by atoms with Crippen LogP contribution in [0.2, 0.25) is 0 Å². The van der Waals surface area contributed by atoms with E-state index in [2.05, 4.69) is 5.16 Å². The molecule has 0 saturated heterocycles. The van der Waals surface area contributed by atoms with Crippen molar-refractivity contribution in [2.24, 2.45) is 0 Å². The number of ether oxygens (including phenoxy) is 5. The summed E-state index contributed by atoms with van der Waals surface area (Å²) in [4.78, 5) is 0. The summed E-state index contributed by atoms with van der Waals surface area (Å²) in [7, 11) is 4.70. The summed E-state index contributed by atoms with van der Waals surface area (Å²) in [6.45, 7) is 0.230. The smallest absolute Gasteiger partial charge is 0.231 e. The van der Waals surface area contributed by atoms with Gasteiger partial charge < -0.3 is 28.2 Å². The molecule has 4 rings (SSSR count). The van der Waals surface area contributed by atoms with Crippen LogP contribution in [-0.4, -0.2) is 33.3 Å². The molecule has 0 N–H and O–H groups in total. The summed E-state index contributed by atoms with van der Waals surface area (Å²) in [5, 5.41) is 4.16. The first-order valence-electron chi connectivity index (χ1n) is 7.90. The van der Waals surface area contributed by atoms with E-state index in [0.717, 1.165) is 16.9 Å². The molecule has 1 aliphatic rings. The maximum atomic E-state index is 5.52. The molecular weight excluding hydrogens is 338 g/mol. The van der Waals surface area contributed by atoms with Crippen LogP contribution in [-0.2, 0) is 0 Å². The van der Waals surface area contributed by atoms with E-state index in [4.69, 9.17) is 28.2 Å². The zero-order valence-electron chi connectivity index (χ0n) is 14.6. The molecule has 0 fully saturated rings. The standard InChI is InChI=1S/C19H17NO6/c1-21-17-7-12(8-18(22-2)19(17)23-3)15-9-13(20-26-15)11-4-5-14-16(6-11)25-10-24-14/h4-9H,10H2,1-3H3. The van der Waals surface area contributed by atoms with Crippen molar-refractivity contribution >= 4 is 0 Å². The van der Waals surface area contributed by atoms with E-state index in [0.29, 0.717) is 34.5 Å². The monoisotopic (exact) mass is 355 g/mol. The number of methoxy groups -OCH3 is 3. The molecule has 7 heteroatoms. The van der Waals surface area contributed by atoms with Gasteiger partial charge in [0.15, 0.2) is 28.8 Å². The Hall–Kier alpha value is -3.35. The van der Waals surface area contributed by atoms with Gasteiger partial charge in [0.25, 0.3) is 0 Å². The van der Waals surface area contributed by atoms with E-state index >= 15 is 0 Å². The van der Waals surface area contributed by atoms with Crippen LogP contribution in [0.1, 0.15) is 0 Å². The summed E-state index contributed by atoms with van der Waals surface area (Å²) in [5.74, 6) is 3.61. The van der Waals surface area contributed by atoms with Crippen LogP contribution in [0.25, 0.3) is 22.6 Å². The Balaban J connectivity index is 1.72. The number of hydrogen-bond donors (Lipinski definition) is 0. The fourth-order valence-electron chi connectivity index (χ4n) is 2.83. The van der Waals surface area contributed by atoms with Crippen molar-refractivity contribution in [2.75, 3.05) is 28.1 Å². The molecule has 0 unspecified atom stereocenters. The van der Waals surface area contributed by atoms with Crippen molar-refractivity contribution in [3.63, 3.8) is 0 Å². The second-order valence-electron chi connectivity index (χ2n) is 5.56. The number of rotatable bonds is 5. The SMILES string of the molecule is COc1cc(-c2cc(-c3ccc4c(c3)OCO4)no2)cc(OC)c1OC. The molecule has 26 heavy (non-hydrogen) atoms. The second kappa shape index (κ2) is 6.51. The summed E-state index contributed by atoms with van der Waals surface area (Å²) in [6, 6.07) is 11.1. The third-order valence-electron chi connectivity index (χ3n) is 4.13. The first-order chi connectivity index (χ1) is 12.7. The van der Waals surface area contributed by atoms with Gasteiger partial charge in [-0.2, -0.15) is 0 Å². The van der Waals surface area contributed by atoms with Crippen molar-refractivity contribution in [1.82, 2.24) is 5.16 Å². The highest BCUT2D eigenvalue weighted by molar-refractivity contribution is 5.72. The minimum Gasteiger partial charge on any atom is -0.493 e. The first kappa shape index (κ1) is 16.1. The first-order valence-corrected chi connectivity index (χ1v) is 7.90. The van der Waals surface area contributed by atoms with Crippen LogP contribution in [0.3, 0.4) is 0 Å². The molecule has 0 amide bonds. The zero-order valence-corrected chi connectivity index (χ0v) is 14.6. The number of aromatic nitrogens is 1. The van der Waals surface area contributed by atoms with Crippen molar-refractivity contribution in [3.05, 3.63) is 36.4 Å². The molecule has 2 aromatic carbocycles. The lowest BCUT2D eigenvalue weighted by molar-refractivity contribution is 0.174. The predicted molar refractivity (Wildman–Crippen MR) is 93.2 cm³/mol.